The van der Waals surface area contributed by atoms with Crippen LogP contribution < -0.4 is 18.9 Å². The van der Waals surface area contributed by atoms with Gasteiger partial charge in [0, 0.05) is 39.2 Å². The lowest BCUT2D eigenvalue weighted by atomic mass is 10.3. The van der Waals surface area contributed by atoms with E-state index in [-0.39, 0.29) is 0 Å². The summed E-state index contributed by atoms with van der Waals surface area (Å²) in [6.45, 7) is 0. The number of ether oxygens (including phenoxy) is 4. The van der Waals surface area contributed by atoms with Crippen LogP contribution in [0, 0.1) is 0 Å². The standard InChI is InChI=1S/C34H30O4S4/c1-35-23-5-13-27(14-6-23)39-31-21-22-32(40-28-15-7-24(36-2)8-16-28)34(42-30-19-11-26(38-4)12-20-30)33(31)41-29-17-9-25(37-3)10-18-29/h5-22H,1-4H3. The van der Waals surface area contributed by atoms with Crippen molar-refractivity contribution >= 4 is 47.0 Å². The van der Waals surface area contributed by atoms with Gasteiger partial charge in [0.1, 0.15) is 23.0 Å². The second-order valence-corrected chi connectivity index (χ2v) is 13.2. The molecule has 0 aliphatic rings. The van der Waals surface area contributed by atoms with Crippen LogP contribution in [0.4, 0.5) is 0 Å². The van der Waals surface area contributed by atoms with E-state index in [4.69, 9.17) is 18.9 Å². The smallest absolute Gasteiger partial charge is 0.118 e. The summed E-state index contributed by atoms with van der Waals surface area (Å²) in [6.07, 6.45) is 0. The first-order valence-corrected chi connectivity index (χ1v) is 16.3. The third-order valence-electron chi connectivity index (χ3n) is 6.17. The molecule has 5 aromatic carbocycles. The summed E-state index contributed by atoms with van der Waals surface area (Å²) in [5.41, 5.74) is 0. The third-order valence-corrected chi connectivity index (χ3v) is 11.0. The van der Waals surface area contributed by atoms with Crippen LogP contribution in [0.1, 0.15) is 0 Å². The zero-order valence-corrected chi connectivity index (χ0v) is 26.9. The van der Waals surface area contributed by atoms with Gasteiger partial charge in [-0.05, 0) is 109 Å². The molecule has 0 fully saturated rings. The summed E-state index contributed by atoms with van der Waals surface area (Å²) < 4.78 is 21.6. The molecule has 0 amide bonds. The van der Waals surface area contributed by atoms with Crippen LogP contribution in [-0.4, -0.2) is 28.4 Å². The third kappa shape index (κ3) is 7.75. The molecule has 0 unspecified atom stereocenters. The molecule has 214 valence electrons. The maximum Gasteiger partial charge on any atom is 0.118 e. The van der Waals surface area contributed by atoms with Gasteiger partial charge in [0.15, 0.2) is 0 Å². The van der Waals surface area contributed by atoms with Crippen LogP contribution >= 0.6 is 47.0 Å². The Morgan fingerprint density at radius 2 is 0.548 bits per heavy atom. The van der Waals surface area contributed by atoms with Crippen LogP contribution in [0.25, 0.3) is 0 Å². The number of hydrogen-bond acceptors (Lipinski definition) is 8. The molecule has 42 heavy (non-hydrogen) atoms. The van der Waals surface area contributed by atoms with E-state index in [0.717, 1.165) is 42.6 Å². The predicted octanol–water partition coefficient (Wildman–Crippen LogP) is 10.3. The summed E-state index contributed by atoms with van der Waals surface area (Å²) in [5.74, 6) is 3.36. The van der Waals surface area contributed by atoms with Crippen molar-refractivity contribution < 1.29 is 18.9 Å². The van der Waals surface area contributed by atoms with Gasteiger partial charge in [-0.15, -0.1) is 0 Å². The fourth-order valence-corrected chi connectivity index (χ4v) is 8.30. The molecule has 0 saturated carbocycles. The molecule has 0 heterocycles. The fraction of sp³-hybridized carbons (Fsp3) is 0.118. The molecule has 0 saturated heterocycles. The average molecular weight is 631 g/mol. The first-order chi connectivity index (χ1) is 20.6. The zero-order valence-electron chi connectivity index (χ0n) is 23.7. The van der Waals surface area contributed by atoms with Crippen LogP contribution in [-0.2, 0) is 0 Å². The van der Waals surface area contributed by atoms with E-state index in [2.05, 4.69) is 60.7 Å². The number of benzene rings is 5. The molecule has 0 bridgehead atoms. The van der Waals surface area contributed by atoms with Crippen molar-refractivity contribution in [1.29, 1.82) is 0 Å². The predicted molar refractivity (Wildman–Crippen MR) is 175 cm³/mol. The monoisotopic (exact) mass is 630 g/mol. The summed E-state index contributed by atoms with van der Waals surface area (Å²) in [5, 5.41) is 0. The van der Waals surface area contributed by atoms with Crippen molar-refractivity contribution in [3.63, 3.8) is 0 Å². The number of hydrogen-bond donors (Lipinski definition) is 0. The topological polar surface area (TPSA) is 36.9 Å². The lowest BCUT2D eigenvalue weighted by Crippen LogP contribution is -1.90. The lowest BCUT2D eigenvalue weighted by Gasteiger charge is -2.18. The van der Waals surface area contributed by atoms with Crippen molar-refractivity contribution in [2.45, 2.75) is 39.2 Å². The summed E-state index contributed by atoms with van der Waals surface area (Å²) >= 11 is 7.03. The quantitative estimate of drug-likeness (QED) is 0.135. The Kier molecular flexibility index (Phi) is 10.6. The minimum Gasteiger partial charge on any atom is -0.497 e. The lowest BCUT2D eigenvalue weighted by molar-refractivity contribution is 0.414. The minimum absolute atomic E-state index is 0.837. The highest BCUT2D eigenvalue weighted by Crippen LogP contribution is 2.50. The van der Waals surface area contributed by atoms with Crippen molar-refractivity contribution in [2.24, 2.45) is 0 Å². The van der Waals surface area contributed by atoms with Gasteiger partial charge in [-0.1, -0.05) is 47.0 Å². The molecule has 0 N–H and O–H groups in total. The summed E-state index contributed by atoms with van der Waals surface area (Å²) in [7, 11) is 6.76. The maximum atomic E-state index is 5.41. The zero-order chi connectivity index (χ0) is 29.3. The van der Waals surface area contributed by atoms with E-state index in [1.54, 1.807) is 75.5 Å². The number of rotatable bonds is 12. The molecule has 5 rings (SSSR count). The normalized spacial score (nSPS) is 10.8. The Morgan fingerprint density at radius 1 is 0.310 bits per heavy atom. The molecule has 0 aliphatic heterocycles. The SMILES string of the molecule is COc1ccc(Sc2ccc(Sc3ccc(OC)cc3)c(Sc3ccc(OC)cc3)c2Sc2ccc(OC)cc2)cc1. The van der Waals surface area contributed by atoms with Gasteiger partial charge < -0.3 is 18.9 Å². The van der Waals surface area contributed by atoms with Crippen LogP contribution in [0.3, 0.4) is 0 Å². The fourth-order valence-electron chi connectivity index (χ4n) is 3.95. The summed E-state index contributed by atoms with van der Waals surface area (Å²) in [6, 6.07) is 37.3. The highest BCUT2D eigenvalue weighted by Gasteiger charge is 2.19. The Balaban J connectivity index is 1.61. The van der Waals surface area contributed by atoms with Gasteiger partial charge in [-0.2, -0.15) is 0 Å². The molecule has 0 atom stereocenters. The van der Waals surface area contributed by atoms with Gasteiger partial charge in [0.25, 0.3) is 0 Å². The average Bonchev–Trinajstić information content (AvgIpc) is 3.05. The molecular formula is C34H30O4S4. The van der Waals surface area contributed by atoms with Crippen molar-refractivity contribution in [1.82, 2.24) is 0 Å². The Morgan fingerprint density at radius 3 is 0.786 bits per heavy atom. The maximum absolute atomic E-state index is 5.41. The molecule has 5 aromatic rings. The molecule has 8 heteroatoms. The van der Waals surface area contributed by atoms with E-state index >= 15 is 0 Å². The Bertz CT molecular complexity index is 1470. The van der Waals surface area contributed by atoms with Crippen LogP contribution in [0.2, 0.25) is 0 Å². The second kappa shape index (κ2) is 14.7. The van der Waals surface area contributed by atoms with Gasteiger partial charge in [0.05, 0.1) is 28.4 Å². The highest BCUT2D eigenvalue weighted by atomic mass is 32.2. The molecular weight excluding hydrogens is 601 g/mol. The van der Waals surface area contributed by atoms with E-state index in [0.29, 0.717) is 0 Å². The van der Waals surface area contributed by atoms with Gasteiger partial charge in [0.2, 0.25) is 0 Å². The molecule has 0 aliphatic carbocycles. The van der Waals surface area contributed by atoms with Gasteiger partial charge >= 0.3 is 0 Å². The van der Waals surface area contributed by atoms with Crippen LogP contribution in [0.15, 0.2) is 148 Å². The van der Waals surface area contributed by atoms with E-state index in [1.165, 1.54) is 19.6 Å². The van der Waals surface area contributed by atoms with Gasteiger partial charge in [-0.3, -0.25) is 0 Å². The van der Waals surface area contributed by atoms with Crippen LogP contribution in [0.5, 0.6) is 23.0 Å². The first kappa shape index (κ1) is 30.2. The molecule has 0 spiro atoms. The Labute approximate surface area is 264 Å². The van der Waals surface area contributed by atoms with E-state index in [1.807, 2.05) is 48.5 Å². The molecule has 0 radical (unpaired) electrons. The van der Waals surface area contributed by atoms with Crippen molar-refractivity contribution in [2.75, 3.05) is 28.4 Å². The first-order valence-electron chi connectivity index (χ1n) is 13.0. The molecule has 0 aromatic heterocycles. The Hall–Kier alpha value is -3.30. The number of methoxy groups -OCH3 is 4. The highest BCUT2D eigenvalue weighted by molar-refractivity contribution is 8.05. The second-order valence-electron chi connectivity index (χ2n) is 8.83. The minimum atomic E-state index is 0.837. The molecule has 4 nitrogen and oxygen atoms in total. The summed E-state index contributed by atoms with van der Waals surface area (Å²) in [4.78, 5) is 9.30. The largest absolute Gasteiger partial charge is 0.497 e. The van der Waals surface area contributed by atoms with Crippen molar-refractivity contribution in [3.05, 3.63) is 109 Å². The van der Waals surface area contributed by atoms with Crippen molar-refractivity contribution in [3.8, 4) is 23.0 Å². The van der Waals surface area contributed by atoms with Gasteiger partial charge in [-0.25, -0.2) is 0 Å². The van der Waals surface area contributed by atoms with E-state index in [9.17, 15) is 0 Å². The van der Waals surface area contributed by atoms with E-state index < -0.39 is 0 Å².